The van der Waals surface area contributed by atoms with Crippen LogP contribution < -0.4 is 14.4 Å². The van der Waals surface area contributed by atoms with Gasteiger partial charge < -0.3 is 9.47 Å². The van der Waals surface area contributed by atoms with Gasteiger partial charge in [-0.2, -0.15) is 13.2 Å². The molecule has 4 rings (SSSR count). The number of nitrogens with zero attached hydrogens (tertiary/aromatic N) is 2. The number of alkyl halides is 3. The highest BCUT2D eigenvalue weighted by molar-refractivity contribution is 7.22. The van der Waals surface area contributed by atoms with Crippen molar-refractivity contribution in [1.29, 1.82) is 0 Å². The van der Waals surface area contributed by atoms with Gasteiger partial charge in [0.1, 0.15) is 21.7 Å². The summed E-state index contributed by atoms with van der Waals surface area (Å²) in [6.45, 7) is 0.186. The molecule has 0 fully saturated rings. The normalized spacial score (nSPS) is 11.4. The molecule has 0 aliphatic carbocycles. The fraction of sp³-hybridized carbons (Fsp3) is 0.167. The van der Waals surface area contributed by atoms with Crippen molar-refractivity contribution < 1.29 is 27.4 Å². The van der Waals surface area contributed by atoms with E-state index in [9.17, 15) is 18.0 Å². The zero-order valence-corrected chi connectivity index (χ0v) is 18.5. The summed E-state index contributed by atoms with van der Waals surface area (Å²) < 4.78 is 50.4. The largest absolute Gasteiger partial charge is 0.495 e. The van der Waals surface area contributed by atoms with E-state index in [1.54, 1.807) is 12.1 Å². The van der Waals surface area contributed by atoms with Gasteiger partial charge >= 0.3 is 6.18 Å². The van der Waals surface area contributed by atoms with Crippen LogP contribution in [0.1, 0.15) is 21.5 Å². The molecule has 1 heterocycles. The van der Waals surface area contributed by atoms with Crippen molar-refractivity contribution in [3.05, 3.63) is 83.4 Å². The molecule has 1 amide bonds. The zero-order valence-electron chi connectivity index (χ0n) is 17.7. The predicted molar refractivity (Wildman–Crippen MR) is 121 cm³/mol. The number of methoxy groups -OCH3 is 2. The summed E-state index contributed by atoms with van der Waals surface area (Å²) in [5.74, 6) is 0.635. The van der Waals surface area contributed by atoms with Crippen LogP contribution in [-0.2, 0) is 12.7 Å². The van der Waals surface area contributed by atoms with Gasteiger partial charge in [0.05, 0.1) is 26.3 Å². The van der Waals surface area contributed by atoms with Gasteiger partial charge in [-0.3, -0.25) is 9.69 Å². The summed E-state index contributed by atoms with van der Waals surface area (Å²) in [4.78, 5) is 19.5. The Morgan fingerprint density at radius 1 is 0.939 bits per heavy atom. The molecular formula is C24H19F3N2O3S. The molecule has 0 N–H and O–H groups in total. The molecule has 0 radical (unpaired) electrons. The minimum Gasteiger partial charge on any atom is -0.495 e. The number of ether oxygens (including phenoxy) is 2. The van der Waals surface area contributed by atoms with Gasteiger partial charge in [-0.15, -0.1) is 0 Å². The number of hydrogen-bond acceptors (Lipinski definition) is 5. The van der Waals surface area contributed by atoms with E-state index in [-0.39, 0.29) is 12.1 Å². The van der Waals surface area contributed by atoms with Gasteiger partial charge in [0, 0.05) is 5.56 Å². The van der Waals surface area contributed by atoms with E-state index in [0.717, 1.165) is 17.7 Å². The molecule has 0 bridgehead atoms. The molecule has 0 spiro atoms. The molecule has 33 heavy (non-hydrogen) atoms. The van der Waals surface area contributed by atoms with Gasteiger partial charge in [-0.1, -0.05) is 41.7 Å². The lowest BCUT2D eigenvalue weighted by molar-refractivity contribution is -0.137. The average Bonchev–Trinajstić information content (AvgIpc) is 3.27. The summed E-state index contributed by atoms with van der Waals surface area (Å²) >= 11 is 1.24. The van der Waals surface area contributed by atoms with Crippen LogP contribution in [0.25, 0.3) is 10.2 Å². The third-order valence-corrected chi connectivity index (χ3v) is 6.11. The van der Waals surface area contributed by atoms with Crippen molar-refractivity contribution in [1.82, 2.24) is 4.98 Å². The maximum Gasteiger partial charge on any atom is 0.416 e. The fourth-order valence-electron chi connectivity index (χ4n) is 3.34. The number of carbonyl (C=O) groups excluding carboxylic acids is 1. The Morgan fingerprint density at radius 2 is 1.58 bits per heavy atom. The van der Waals surface area contributed by atoms with E-state index in [1.165, 1.54) is 42.6 Å². The standard InChI is InChI=1S/C24H19F3N2O3S/c1-31-18-12-13-19(32-2)21-20(18)28-23(33-21)29(14-15-6-4-3-5-7-15)22(30)16-8-10-17(11-9-16)24(25,26)27/h3-13H,14H2,1-2H3. The highest BCUT2D eigenvalue weighted by atomic mass is 32.1. The molecule has 5 nitrogen and oxygen atoms in total. The second-order valence-corrected chi connectivity index (χ2v) is 8.07. The fourth-order valence-corrected chi connectivity index (χ4v) is 4.41. The molecular weight excluding hydrogens is 453 g/mol. The quantitative estimate of drug-likeness (QED) is 0.336. The highest BCUT2D eigenvalue weighted by Crippen LogP contribution is 2.41. The molecule has 0 saturated carbocycles. The van der Waals surface area contributed by atoms with Gasteiger partial charge in [0.2, 0.25) is 0 Å². The lowest BCUT2D eigenvalue weighted by atomic mass is 10.1. The van der Waals surface area contributed by atoms with E-state index in [0.29, 0.717) is 26.8 Å². The number of benzene rings is 3. The average molecular weight is 472 g/mol. The Labute approximate surface area is 192 Å². The van der Waals surface area contributed by atoms with E-state index < -0.39 is 17.6 Å². The van der Waals surface area contributed by atoms with Crippen molar-refractivity contribution in [3.63, 3.8) is 0 Å². The van der Waals surface area contributed by atoms with Gasteiger partial charge in [-0.25, -0.2) is 4.98 Å². The number of thiazole rings is 1. The number of fused-ring (bicyclic) bond motifs is 1. The van der Waals surface area contributed by atoms with Crippen molar-refractivity contribution in [2.24, 2.45) is 0 Å². The maximum atomic E-state index is 13.4. The third-order valence-electron chi connectivity index (χ3n) is 5.02. The Kier molecular flexibility index (Phi) is 6.24. The molecule has 0 atom stereocenters. The Balaban J connectivity index is 1.79. The van der Waals surface area contributed by atoms with E-state index in [1.807, 2.05) is 30.3 Å². The van der Waals surface area contributed by atoms with Gasteiger partial charge in [0.25, 0.3) is 5.91 Å². The summed E-state index contributed by atoms with van der Waals surface area (Å²) in [5, 5.41) is 0.376. The minimum atomic E-state index is -4.48. The Hall–Kier alpha value is -3.59. The zero-order chi connectivity index (χ0) is 23.6. The predicted octanol–water partition coefficient (Wildman–Crippen LogP) is 6.18. The number of amides is 1. The smallest absolute Gasteiger partial charge is 0.416 e. The summed E-state index contributed by atoms with van der Waals surface area (Å²) in [6.07, 6.45) is -4.48. The van der Waals surface area contributed by atoms with Crippen molar-refractivity contribution in [3.8, 4) is 11.5 Å². The highest BCUT2D eigenvalue weighted by Gasteiger charge is 2.31. The number of anilines is 1. The number of halogens is 3. The molecule has 0 unspecified atom stereocenters. The Morgan fingerprint density at radius 3 is 2.18 bits per heavy atom. The van der Waals surface area contributed by atoms with Gasteiger partial charge in [-0.05, 0) is 42.0 Å². The number of aromatic nitrogens is 1. The van der Waals surface area contributed by atoms with E-state index in [4.69, 9.17) is 9.47 Å². The van der Waals surface area contributed by atoms with Crippen LogP contribution in [0.15, 0.2) is 66.7 Å². The van der Waals surface area contributed by atoms with Crippen LogP contribution in [0.3, 0.4) is 0 Å². The van der Waals surface area contributed by atoms with Gasteiger partial charge in [0.15, 0.2) is 5.13 Å². The molecule has 3 aromatic carbocycles. The SMILES string of the molecule is COc1ccc(OC)c2sc(N(Cc3ccccc3)C(=O)c3ccc(C(F)(F)F)cc3)nc12. The number of hydrogen-bond donors (Lipinski definition) is 0. The first kappa shape index (κ1) is 22.6. The monoisotopic (exact) mass is 472 g/mol. The Bertz CT molecular complexity index is 1230. The topological polar surface area (TPSA) is 51.7 Å². The van der Waals surface area contributed by atoms with E-state index in [2.05, 4.69) is 4.98 Å². The number of rotatable bonds is 6. The minimum absolute atomic E-state index is 0.122. The second kappa shape index (κ2) is 9.11. The molecule has 0 aliphatic heterocycles. The van der Waals surface area contributed by atoms with Crippen LogP contribution in [0.5, 0.6) is 11.5 Å². The molecule has 0 saturated heterocycles. The van der Waals surface area contributed by atoms with Crippen LogP contribution in [-0.4, -0.2) is 25.1 Å². The molecule has 9 heteroatoms. The first-order valence-electron chi connectivity index (χ1n) is 9.86. The molecule has 0 aliphatic rings. The second-order valence-electron chi connectivity index (χ2n) is 7.10. The van der Waals surface area contributed by atoms with Crippen molar-refractivity contribution >= 4 is 32.6 Å². The number of carbonyl (C=O) groups is 1. The van der Waals surface area contributed by atoms with Crippen LogP contribution in [0, 0.1) is 0 Å². The third kappa shape index (κ3) is 4.63. The lowest BCUT2D eigenvalue weighted by Crippen LogP contribution is -2.30. The summed E-state index contributed by atoms with van der Waals surface area (Å²) in [5.41, 5.74) is 0.686. The summed E-state index contributed by atoms with van der Waals surface area (Å²) in [7, 11) is 3.06. The van der Waals surface area contributed by atoms with E-state index >= 15 is 0 Å². The molecule has 1 aromatic heterocycles. The lowest BCUT2D eigenvalue weighted by Gasteiger charge is -2.20. The first-order valence-corrected chi connectivity index (χ1v) is 10.7. The maximum absolute atomic E-state index is 13.4. The van der Waals surface area contributed by atoms with Crippen LogP contribution in [0.4, 0.5) is 18.3 Å². The summed E-state index contributed by atoms with van der Waals surface area (Å²) in [6, 6.07) is 16.9. The van der Waals surface area contributed by atoms with Crippen LogP contribution in [0.2, 0.25) is 0 Å². The van der Waals surface area contributed by atoms with Crippen molar-refractivity contribution in [2.45, 2.75) is 12.7 Å². The molecule has 170 valence electrons. The van der Waals surface area contributed by atoms with Crippen LogP contribution >= 0.6 is 11.3 Å². The first-order chi connectivity index (χ1) is 15.8. The molecule has 4 aromatic rings. The van der Waals surface area contributed by atoms with Crippen molar-refractivity contribution in [2.75, 3.05) is 19.1 Å².